The van der Waals surface area contributed by atoms with Gasteiger partial charge in [-0.3, -0.25) is 14.4 Å². The summed E-state index contributed by atoms with van der Waals surface area (Å²) in [7, 11) is 0. The molecule has 0 aliphatic heterocycles. The second-order valence-corrected chi connectivity index (χ2v) is 4.85. The molecule has 1 aromatic carbocycles. The van der Waals surface area contributed by atoms with Crippen molar-refractivity contribution >= 4 is 23.5 Å². The number of rotatable bonds is 6. The van der Waals surface area contributed by atoms with Crippen LogP contribution in [0.4, 0.5) is 5.69 Å². The van der Waals surface area contributed by atoms with Gasteiger partial charge in [-0.2, -0.15) is 0 Å². The van der Waals surface area contributed by atoms with Crippen LogP contribution in [0.25, 0.3) is 0 Å². The summed E-state index contributed by atoms with van der Waals surface area (Å²) < 4.78 is 0. The number of nitrogens with one attached hydrogen (secondary N) is 2. The molecule has 21 heavy (non-hydrogen) atoms. The van der Waals surface area contributed by atoms with Crippen LogP contribution < -0.4 is 10.6 Å². The van der Waals surface area contributed by atoms with Gasteiger partial charge >= 0.3 is 5.97 Å². The van der Waals surface area contributed by atoms with E-state index < -0.39 is 17.8 Å². The van der Waals surface area contributed by atoms with Crippen molar-refractivity contribution in [1.29, 1.82) is 0 Å². The summed E-state index contributed by atoms with van der Waals surface area (Å²) in [5, 5.41) is 14.1. The van der Waals surface area contributed by atoms with E-state index in [0.717, 1.165) is 0 Å². The Kier molecular flexibility index (Phi) is 4.37. The summed E-state index contributed by atoms with van der Waals surface area (Å²) in [6.45, 7) is 3.89. The maximum atomic E-state index is 11.8. The summed E-state index contributed by atoms with van der Waals surface area (Å²) in [5.74, 6) is -2.50. The van der Waals surface area contributed by atoms with Crippen molar-refractivity contribution in [2.75, 3.05) is 11.9 Å². The largest absolute Gasteiger partial charge is 0.481 e. The Bertz CT molecular complexity index is 580. The molecule has 0 heterocycles. The number of hydrogen-bond donors (Lipinski definition) is 3. The molecule has 0 unspecified atom stereocenters. The number of carboxylic acid groups (broad SMARTS) is 1. The number of amides is 2. The van der Waals surface area contributed by atoms with E-state index in [1.165, 1.54) is 0 Å². The zero-order valence-corrected chi connectivity index (χ0v) is 11.3. The third-order valence-electron chi connectivity index (χ3n) is 3.27. The Morgan fingerprint density at radius 3 is 2.43 bits per heavy atom. The molecule has 0 radical (unpaired) electrons. The molecule has 0 aromatic heterocycles. The summed E-state index contributed by atoms with van der Waals surface area (Å²) in [5.41, 5.74) is 1.01. The number of carbonyl (C=O) groups excluding carboxylic acids is 2. The molecule has 2 amide bonds. The van der Waals surface area contributed by atoms with Crippen molar-refractivity contribution < 1.29 is 19.5 Å². The monoisotopic (exact) mass is 288 g/mol. The fourth-order valence-corrected chi connectivity index (χ4v) is 1.96. The second-order valence-electron chi connectivity index (χ2n) is 4.85. The smallest absolute Gasteiger partial charge is 0.307 e. The first-order valence-electron chi connectivity index (χ1n) is 6.55. The van der Waals surface area contributed by atoms with Gasteiger partial charge in [0.1, 0.15) is 0 Å². The third kappa shape index (κ3) is 3.68. The average molecular weight is 288 g/mol. The molecule has 1 aliphatic carbocycles. The maximum Gasteiger partial charge on any atom is 0.307 e. The van der Waals surface area contributed by atoms with E-state index in [9.17, 15) is 14.4 Å². The lowest BCUT2D eigenvalue weighted by atomic mass is 10.2. The number of hydrogen-bond acceptors (Lipinski definition) is 3. The predicted molar refractivity (Wildman–Crippen MR) is 76.8 cm³/mol. The van der Waals surface area contributed by atoms with E-state index in [1.807, 2.05) is 0 Å². The van der Waals surface area contributed by atoms with Gasteiger partial charge in [-0.15, -0.1) is 6.58 Å². The van der Waals surface area contributed by atoms with Crippen LogP contribution >= 0.6 is 0 Å². The average Bonchev–Trinajstić information content (AvgIpc) is 3.26. The van der Waals surface area contributed by atoms with Crippen molar-refractivity contribution in [3.05, 3.63) is 42.5 Å². The molecular weight excluding hydrogens is 272 g/mol. The minimum atomic E-state index is -0.940. The van der Waals surface area contributed by atoms with Gasteiger partial charge in [-0.1, -0.05) is 6.08 Å². The van der Waals surface area contributed by atoms with E-state index in [4.69, 9.17) is 5.11 Å². The molecule has 6 nitrogen and oxygen atoms in total. The first kappa shape index (κ1) is 14.8. The van der Waals surface area contributed by atoms with Gasteiger partial charge in [0.15, 0.2) is 0 Å². The Morgan fingerprint density at radius 1 is 1.24 bits per heavy atom. The highest BCUT2D eigenvalue weighted by atomic mass is 16.4. The van der Waals surface area contributed by atoms with Gasteiger partial charge < -0.3 is 15.7 Å². The van der Waals surface area contributed by atoms with Crippen molar-refractivity contribution in [3.63, 3.8) is 0 Å². The van der Waals surface area contributed by atoms with Crippen LogP contribution in [0.2, 0.25) is 0 Å². The summed E-state index contributed by atoms with van der Waals surface area (Å²) in [6, 6.07) is 6.41. The molecule has 0 saturated heterocycles. The molecule has 2 rings (SSSR count). The molecule has 2 atom stereocenters. The molecule has 1 aliphatic rings. The van der Waals surface area contributed by atoms with Gasteiger partial charge in [-0.25, -0.2) is 0 Å². The number of benzene rings is 1. The van der Waals surface area contributed by atoms with Crippen LogP contribution in [0.1, 0.15) is 16.8 Å². The highest BCUT2D eigenvalue weighted by Gasteiger charge is 2.48. The molecule has 0 spiro atoms. The number of carboxylic acids is 1. The van der Waals surface area contributed by atoms with Crippen molar-refractivity contribution in [3.8, 4) is 0 Å². The Morgan fingerprint density at radius 2 is 1.90 bits per heavy atom. The van der Waals surface area contributed by atoms with Gasteiger partial charge in [0.25, 0.3) is 5.91 Å². The summed E-state index contributed by atoms with van der Waals surface area (Å²) in [6.07, 6.45) is 1.96. The van der Waals surface area contributed by atoms with Crippen LogP contribution in [0.15, 0.2) is 36.9 Å². The molecular formula is C15H16N2O4. The topological polar surface area (TPSA) is 95.5 Å². The van der Waals surface area contributed by atoms with E-state index in [-0.39, 0.29) is 11.8 Å². The number of aliphatic carboxylic acids is 1. The first-order valence-corrected chi connectivity index (χ1v) is 6.55. The van der Waals surface area contributed by atoms with Crippen LogP contribution in [0.5, 0.6) is 0 Å². The zero-order valence-electron chi connectivity index (χ0n) is 11.3. The summed E-state index contributed by atoms with van der Waals surface area (Å²) in [4.78, 5) is 34.2. The van der Waals surface area contributed by atoms with E-state index in [1.54, 1.807) is 30.3 Å². The van der Waals surface area contributed by atoms with Crippen LogP contribution in [0.3, 0.4) is 0 Å². The zero-order chi connectivity index (χ0) is 15.4. The van der Waals surface area contributed by atoms with E-state index in [2.05, 4.69) is 17.2 Å². The molecule has 1 saturated carbocycles. The molecule has 6 heteroatoms. The minimum Gasteiger partial charge on any atom is -0.481 e. The molecule has 3 N–H and O–H groups in total. The second kappa shape index (κ2) is 6.21. The SMILES string of the molecule is C=CCNC(=O)c1ccc(NC(=O)[C@@H]2C[C@@H]2C(=O)O)cc1. The van der Waals surface area contributed by atoms with Crippen molar-refractivity contribution in [2.24, 2.45) is 11.8 Å². The van der Waals surface area contributed by atoms with Gasteiger partial charge in [-0.05, 0) is 30.7 Å². The Hall–Kier alpha value is -2.63. The van der Waals surface area contributed by atoms with Crippen LogP contribution in [0, 0.1) is 11.8 Å². The lowest BCUT2D eigenvalue weighted by molar-refractivity contribution is -0.139. The molecule has 0 bridgehead atoms. The Balaban J connectivity index is 1.91. The van der Waals surface area contributed by atoms with Crippen LogP contribution in [-0.4, -0.2) is 29.4 Å². The van der Waals surface area contributed by atoms with E-state index >= 15 is 0 Å². The molecule has 1 fully saturated rings. The lowest BCUT2D eigenvalue weighted by Crippen LogP contribution is -2.23. The highest BCUT2D eigenvalue weighted by molar-refractivity contribution is 5.99. The van der Waals surface area contributed by atoms with Gasteiger partial charge in [0.05, 0.1) is 11.8 Å². The minimum absolute atomic E-state index is 0.221. The summed E-state index contributed by atoms with van der Waals surface area (Å²) >= 11 is 0. The quantitative estimate of drug-likeness (QED) is 0.687. The number of anilines is 1. The normalized spacial score (nSPS) is 19.4. The standard InChI is InChI=1S/C15H16N2O4/c1-2-7-16-13(18)9-3-5-10(6-4-9)17-14(19)11-8-12(11)15(20)21/h2-6,11-12H,1,7-8H2,(H,16,18)(H,17,19)(H,20,21)/t11-,12+/m1/s1. The maximum absolute atomic E-state index is 11.8. The van der Waals surface area contributed by atoms with Gasteiger partial charge in [0, 0.05) is 17.8 Å². The Labute approximate surface area is 121 Å². The van der Waals surface area contributed by atoms with Crippen molar-refractivity contribution in [1.82, 2.24) is 5.32 Å². The highest BCUT2D eigenvalue weighted by Crippen LogP contribution is 2.39. The fraction of sp³-hybridized carbons (Fsp3) is 0.267. The van der Waals surface area contributed by atoms with Crippen LogP contribution in [-0.2, 0) is 9.59 Å². The fourth-order valence-electron chi connectivity index (χ4n) is 1.96. The van der Waals surface area contributed by atoms with Gasteiger partial charge in [0.2, 0.25) is 5.91 Å². The predicted octanol–water partition coefficient (Wildman–Crippen LogP) is 1.26. The number of carbonyl (C=O) groups is 3. The third-order valence-corrected chi connectivity index (χ3v) is 3.27. The lowest BCUT2D eigenvalue weighted by Gasteiger charge is -2.06. The molecule has 110 valence electrons. The van der Waals surface area contributed by atoms with E-state index in [0.29, 0.717) is 24.2 Å². The molecule has 1 aromatic rings. The first-order chi connectivity index (χ1) is 10.0. The van der Waals surface area contributed by atoms with Crippen molar-refractivity contribution in [2.45, 2.75) is 6.42 Å².